The summed E-state index contributed by atoms with van der Waals surface area (Å²) in [4.78, 5) is 4.98. The van der Waals surface area contributed by atoms with Crippen LogP contribution in [-0.2, 0) is 12.8 Å². The van der Waals surface area contributed by atoms with Crippen LogP contribution in [0.1, 0.15) is 23.6 Å². The van der Waals surface area contributed by atoms with E-state index < -0.39 is 0 Å². The van der Waals surface area contributed by atoms with E-state index in [4.69, 9.17) is 0 Å². The summed E-state index contributed by atoms with van der Waals surface area (Å²) in [5, 5.41) is 0. The van der Waals surface area contributed by atoms with Gasteiger partial charge in [0.25, 0.3) is 6.71 Å². The number of fused-ring (bicyclic) bond motifs is 7. The molecule has 2 aliphatic heterocycles. The molecule has 0 amide bonds. The second-order valence-corrected chi connectivity index (χ2v) is 13.2. The van der Waals surface area contributed by atoms with Crippen LogP contribution in [0.2, 0.25) is 0 Å². The highest BCUT2D eigenvalue weighted by Gasteiger charge is 2.42. The zero-order valence-corrected chi connectivity index (χ0v) is 26.9. The summed E-state index contributed by atoms with van der Waals surface area (Å²) in [6.45, 7) is 2.38. The number of benzene rings is 7. The molecule has 3 heteroatoms. The molecule has 0 spiro atoms. The Kier molecular flexibility index (Phi) is 6.05. The fraction of sp³-hybridized carbons (Fsp3) is 0.0667. The molecule has 7 aromatic carbocycles. The van der Waals surface area contributed by atoms with Gasteiger partial charge in [-0.2, -0.15) is 0 Å². The first-order valence-corrected chi connectivity index (χ1v) is 17.1. The summed E-state index contributed by atoms with van der Waals surface area (Å²) < 4.78 is 0. The number of hydrogen-bond donors (Lipinski definition) is 0. The van der Waals surface area contributed by atoms with Gasteiger partial charge in [-0.25, -0.2) is 0 Å². The first-order chi connectivity index (χ1) is 23.8. The van der Waals surface area contributed by atoms with Gasteiger partial charge >= 0.3 is 0 Å². The molecule has 226 valence electrons. The van der Waals surface area contributed by atoms with Crippen LogP contribution in [0.25, 0.3) is 22.3 Å². The molecule has 0 unspecified atom stereocenters. The Labute approximate surface area is 282 Å². The van der Waals surface area contributed by atoms with Crippen molar-refractivity contribution in [1.82, 2.24) is 0 Å². The van der Waals surface area contributed by atoms with Gasteiger partial charge in [0, 0.05) is 34.1 Å². The number of rotatable bonds is 4. The van der Waals surface area contributed by atoms with E-state index in [0.717, 1.165) is 12.8 Å². The van der Waals surface area contributed by atoms with Crippen LogP contribution in [0.4, 0.5) is 34.1 Å². The highest BCUT2D eigenvalue weighted by atomic mass is 15.2. The van der Waals surface area contributed by atoms with Gasteiger partial charge in [0.2, 0.25) is 0 Å². The lowest BCUT2D eigenvalue weighted by atomic mass is 9.33. The minimum Gasteiger partial charge on any atom is -0.311 e. The van der Waals surface area contributed by atoms with E-state index in [1.165, 1.54) is 89.5 Å². The van der Waals surface area contributed by atoms with E-state index >= 15 is 0 Å². The zero-order valence-electron chi connectivity index (χ0n) is 26.9. The number of nitrogens with zero attached hydrogens (tertiary/aromatic N) is 2. The first kappa shape index (κ1) is 27.3. The van der Waals surface area contributed by atoms with Crippen molar-refractivity contribution in [3.63, 3.8) is 0 Å². The minimum atomic E-state index is 0.144. The molecule has 48 heavy (non-hydrogen) atoms. The van der Waals surface area contributed by atoms with E-state index in [2.05, 4.69) is 174 Å². The molecule has 2 heterocycles. The van der Waals surface area contributed by atoms with E-state index in [-0.39, 0.29) is 6.71 Å². The third-order valence-electron chi connectivity index (χ3n) is 10.7. The third kappa shape index (κ3) is 3.94. The van der Waals surface area contributed by atoms with Crippen LogP contribution in [0.5, 0.6) is 0 Å². The third-order valence-corrected chi connectivity index (χ3v) is 10.7. The van der Waals surface area contributed by atoms with Crippen molar-refractivity contribution < 1.29 is 0 Å². The average molecular weight is 613 g/mol. The predicted molar refractivity (Wildman–Crippen MR) is 204 cm³/mol. The molecule has 0 bridgehead atoms. The summed E-state index contributed by atoms with van der Waals surface area (Å²) in [6, 6.07) is 58.7. The van der Waals surface area contributed by atoms with Gasteiger partial charge in [-0.1, -0.05) is 116 Å². The van der Waals surface area contributed by atoms with Crippen molar-refractivity contribution in [2.24, 2.45) is 0 Å². The van der Waals surface area contributed by atoms with Gasteiger partial charge in [0.1, 0.15) is 0 Å². The van der Waals surface area contributed by atoms with E-state index in [9.17, 15) is 0 Å². The lowest BCUT2D eigenvalue weighted by Crippen LogP contribution is -2.61. The van der Waals surface area contributed by atoms with Crippen LogP contribution < -0.4 is 26.2 Å². The van der Waals surface area contributed by atoms with Crippen LogP contribution >= 0.6 is 0 Å². The van der Waals surface area contributed by atoms with Crippen molar-refractivity contribution in [2.45, 2.75) is 19.8 Å². The Bertz CT molecular complexity index is 2390. The second kappa shape index (κ2) is 10.6. The van der Waals surface area contributed by atoms with Crippen LogP contribution in [-0.4, -0.2) is 6.71 Å². The Hall–Kier alpha value is -5.80. The van der Waals surface area contributed by atoms with Crippen molar-refractivity contribution in [1.29, 1.82) is 0 Å². The fourth-order valence-corrected chi connectivity index (χ4v) is 8.56. The van der Waals surface area contributed by atoms with Crippen molar-refractivity contribution in [3.05, 3.63) is 174 Å². The van der Waals surface area contributed by atoms with Crippen LogP contribution in [0, 0.1) is 0 Å². The van der Waals surface area contributed by atoms with Gasteiger partial charge < -0.3 is 9.80 Å². The van der Waals surface area contributed by atoms with Gasteiger partial charge in [-0.05, 0) is 117 Å². The maximum atomic E-state index is 2.50. The molecule has 0 N–H and O–H groups in total. The molecular formula is C45H33BN2. The van der Waals surface area contributed by atoms with E-state index in [1.807, 2.05) is 0 Å². The summed E-state index contributed by atoms with van der Waals surface area (Å²) in [5.74, 6) is 0. The fourth-order valence-electron chi connectivity index (χ4n) is 8.56. The smallest absolute Gasteiger partial charge is 0.252 e. The molecule has 0 saturated heterocycles. The van der Waals surface area contributed by atoms with Crippen molar-refractivity contribution in [2.75, 3.05) is 9.80 Å². The lowest BCUT2D eigenvalue weighted by Gasteiger charge is -2.44. The maximum absolute atomic E-state index is 2.50. The molecule has 0 saturated carbocycles. The predicted octanol–water partition coefficient (Wildman–Crippen LogP) is 9.57. The number of para-hydroxylation sites is 2. The molecule has 1 aliphatic carbocycles. The van der Waals surface area contributed by atoms with Crippen molar-refractivity contribution in [3.8, 4) is 22.3 Å². The Morgan fingerprint density at radius 3 is 1.77 bits per heavy atom. The Morgan fingerprint density at radius 1 is 0.479 bits per heavy atom. The number of anilines is 6. The molecule has 10 rings (SSSR count). The van der Waals surface area contributed by atoms with Crippen LogP contribution in [0.3, 0.4) is 0 Å². The maximum Gasteiger partial charge on any atom is 0.252 e. The Balaban J connectivity index is 1.15. The second-order valence-electron chi connectivity index (χ2n) is 13.2. The molecule has 3 aliphatic rings. The van der Waals surface area contributed by atoms with Crippen molar-refractivity contribution >= 4 is 57.2 Å². The molecular weight excluding hydrogens is 579 g/mol. The molecule has 0 fully saturated rings. The molecule has 0 atom stereocenters. The molecule has 0 aromatic heterocycles. The zero-order chi connectivity index (χ0) is 31.8. The topological polar surface area (TPSA) is 6.48 Å². The quantitative estimate of drug-likeness (QED) is 0.183. The normalized spacial score (nSPS) is 13.4. The number of aryl methyl sites for hydroxylation is 1. The summed E-state index contributed by atoms with van der Waals surface area (Å²) in [5.41, 5.74) is 20.9. The van der Waals surface area contributed by atoms with E-state index in [0.29, 0.717) is 0 Å². The highest BCUT2D eigenvalue weighted by molar-refractivity contribution is 7.00. The molecule has 7 aromatic rings. The van der Waals surface area contributed by atoms with Gasteiger partial charge in [-0.15, -0.1) is 0 Å². The molecule has 0 radical (unpaired) electrons. The summed E-state index contributed by atoms with van der Waals surface area (Å²) in [7, 11) is 0. The van der Waals surface area contributed by atoms with E-state index in [1.54, 1.807) is 0 Å². The highest BCUT2D eigenvalue weighted by Crippen LogP contribution is 2.46. The number of hydrogen-bond acceptors (Lipinski definition) is 2. The standard InChI is InChI=1S/C45H33BN2/c1-2-30-12-3-5-14-36(30)31-22-24-34(25-23-31)47-41-18-9-7-16-39(41)46-40-17-8-10-19-42(40)48(44-21-11-20-43(47)45(44)46)35-26-27-38-33(29-35)28-32-13-4-6-15-37(32)38/h3-27,29H,2,28H2,1H3. The Morgan fingerprint density at radius 2 is 1.04 bits per heavy atom. The van der Waals surface area contributed by atoms with Gasteiger partial charge in [0.05, 0.1) is 0 Å². The summed E-state index contributed by atoms with van der Waals surface area (Å²) in [6.07, 6.45) is 1.99. The largest absolute Gasteiger partial charge is 0.311 e. The average Bonchev–Trinajstić information content (AvgIpc) is 3.53. The first-order valence-electron chi connectivity index (χ1n) is 17.1. The molecule has 2 nitrogen and oxygen atoms in total. The SMILES string of the molecule is CCc1ccccc1-c1ccc(N2c3ccccc3B3c4ccccc4N(c4ccc5c(c4)Cc4ccccc4-5)c4cccc2c43)cc1. The van der Waals surface area contributed by atoms with Gasteiger partial charge in [0.15, 0.2) is 0 Å². The lowest BCUT2D eigenvalue weighted by molar-refractivity contribution is 1.14. The monoisotopic (exact) mass is 612 g/mol. The minimum absolute atomic E-state index is 0.144. The summed E-state index contributed by atoms with van der Waals surface area (Å²) >= 11 is 0. The van der Waals surface area contributed by atoms with Gasteiger partial charge in [-0.3, -0.25) is 0 Å². The van der Waals surface area contributed by atoms with Crippen LogP contribution in [0.15, 0.2) is 158 Å².